The summed E-state index contributed by atoms with van der Waals surface area (Å²) in [4.78, 5) is 4.39. The van der Waals surface area contributed by atoms with Crippen LogP contribution in [0.15, 0.2) is 40.4 Å². The molecule has 0 spiro atoms. The van der Waals surface area contributed by atoms with Gasteiger partial charge in [0.15, 0.2) is 15.0 Å². The lowest BCUT2D eigenvalue weighted by Gasteiger charge is -2.04. The number of thioether (sulfide) groups is 1. The number of hydrogen-bond acceptors (Lipinski definition) is 6. The van der Waals surface area contributed by atoms with Gasteiger partial charge in [0.05, 0.1) is 23.3 Å². The summed E-state index contributed by atoms with van der Waals surface area (Å²) in [6, 6.07) is 9.76. The first-order chi connectivity index (χ1) is 9.53. The van der Waals surface area contributed by atoms with Crippen LogP contribution in [-0.2, 0) is 9.84 Å². The molecule has 5 nitrogen and oxygen atoms in total. The van der Waals surface area contributed by atoms with Crippen molar-refractivity contribution in [2.24, 2.45) is 10.1 Å². The Morgan fingerprint density at radius 1 is 1.33 bits per heavy atom. The van der Waals surface area contributed by atoms with E-state index in [2.05, 4.69) is 15.5 Å². The zero-order valence-corrected chi connectivity index (χ0v) is 14.7. The molecule has 1 aromatic carbocycles. The molecule has 3 rings (SSSR count). The summed E-state index contributed by atoms with van der Waals surface area (Å²) < 4.78 is 22.9. The van der Waals surface area contributed by atoms with Crippen molar-refractivity contribution in [1.82, 2.24) is 5.43 Å². The molecule has 0 amide bonds. The first kappa shape index (κ1) is 16.5. The largest absolute Gasteiger partial charge is 0.256 e. The molecule has 0 unspecified atom stereocenters. The normalized spacial score (nSPS) is 26.7. The number of aliphatic imine (C=N–C) groups is 1. The second kappa shape index (κ2) is 6.50. The Morgan fingerprint density at radius 3 is 2.71 bits per heavy atom. The molecule has 8 heteroatoms. The summed E-state index contributed by atoms with van der Waals surface area (Å²) in [5.74, 6) is 0.385. The van der Waals surface area contributed by atoms with Crippen LogP contribution in [0.5, 0.6) is 0 Å². The predicted octanol–water partition coefficient (Wildman–Crippen LogP) is 1.85. The van der Waals surface area contributed by atoms with Crippen molar-refractivity contribution in [1.29, 1.82) is 0 Å². The number of hydrogen-bond donors (Lipinski definition) is 1. The maximum atomic E-state index is 11.5. The lowest BCUT2D eigenvalue weighted by molar-refractivity contribution is 0.601. The Bertz CT molecular complexity index is 674. The highest BCUT2D eigenvalue weighted by molar-refractivity contribution is 8.93. The molecule has 0 saturated carbocycles. The van der Waals surface area contributed by atoms with Crippen molar-refractivity contribution >= 4 is 49.5 Å². The Balaban J connectivity index is 0.00000161. The van der Waals surface area contributed by atoms with E-state index in [4.69, 9.17) is 0 Å². The van der Waals surface area contributed by atoms with E-state index in [9.17, 15) is 8.42 Å². The zero-order valence-electron chi connectivity index (χ0n) is 11.4. The summed E-state index contributed by atoms with van der Waals surface area (Å²) in [7, 11) is -2.89. The van der Waals surface area contributed by atoms with Gasteiger partial charge in [-0.1, -0.05) is 42.1 Å². The molecule has 1 aromatic rings. The SMILES string of the molecule is Br.CC(=NNC1=N[C@H]2CS(=O)(=O)C[C@H]2S1)c1ccccc1. The van der Waals surface area contributed by atoms with E-state index in [-0.39, 0.29) is 39.8 Å². The van der Waals surface area contributed by atoms with Crippen molar-refractivity contribution in [2.45, 2.75) is 18.2 Å². The van der Waals surface area contributed by atoms with Gasteiger partial charge in [0.25, 0.3) is 0 Å². The molecule has 2 aliphatic rings. The molecule has 114 valence electrons. The topological polar surface area (TPSA) is 70.9 Å². The highest BCUT2D eigenvalue weighted by Crippen LogP contribution is 2.33. The Labute approximate surface area is 139 Å². The van der Waals surface area contributed by atoms with Crippen molar-refractivity contribution in [3.05, 3.63) is 35.9 Å². The van der Waals surface area contributed by atoms with Crippen LogP contribution in [-0.4, -0.2) is 42.1 Å². The molecule has 1 saturated heterocycles. The van der Waals surface area contributed by atoms with Crippen LogP contribution in [0.1, 0.15) is 12.5 Å². The minimum absolute atomic E-state index is 0. The summed E-state index contributed by atoms with van der Waals surface area (Å²) in [6.45, 7) is 1.92. The average Bonchev–Trinajstić information content (AvgIpc) is 2.90. The summed E-state index contributed by atoms with van der Waals surface area (Å²) in [5, 5.41) is 5.07. The Morgan fingerprint density at radius 2 is 2.05 bits per heavy atom. The molecule has 0 radical (unpaired) electrons. The van der Waals surface area contributed by atoms with E-state index < -0.39 is 9.84 Å². The molecule has 2 heterocycles. The molecular weight excluding hydrogens is 374 g/mol. The molecule has 1 N–H and O–H groups in total. The number of hydrazone groups is 1. The van der Waals surface area contributed by atoms with E-state index in [1.54, 1.807) is 0 Å². The number of benzene rings is 1. The van der Waals surface area contributed by atoms with E-state index in [0.29, 0.717) is 5.17 Å². The maximum Gasteiger partial charge on any atom is 0.177 e. The number of amidine groups is 1. The summed E-state index contributed by atoms with van der Waals surface area (Å²) in [6.07, 6.45) is 0. The fraction of sp³-hybridized carbons (Fsp3) is 0.385. The minimum atomic E-state index is -2.89. The molecule has 0 aliphatic carbocycles. The van der Waals surface area contributed by atoms with Gasteiger partial charge in [-0.25, -0.2) is 8.42 Å². The zero-order chi connectivity index (χ0) is 14.2. The van der Waals surface area contributed by atoms with Gasteiger partial charge in [0, 0.05) is 5.25 Å². The Kier molecular flexibility index (Phi) is 5.11. The van der Waals surface area contributed by atoms with E-state index >= 15 is 0 Å². The molecule has 2 aliphatic heterocycles. The third-order valence-electron chi connectivity index (χ3n) is 3.33. The number of halogens is 1. The first-order valence-corrected chi connectivity index (χ1v) is 9.04. The first-order valence-electron chi connectivity index (χ1n) is 6.34. The highest BCUT2D eigenvalue weighted by Gasteiger charge is 2.42. The van der Waals surface area contributed by atoms with Crippen molar-refractivity contribution in [2.75, 3.05) is 11.5 Å². The van der Waals surface area contributed by atoms with Crippen LogP contribution in [0.2, 0.25) is 0 Å². The van der Waals surface area contributed by atoms with Gasteiger partial charge in [0.2, 0.25) is 0 Å². The number of nitrogens with zero attached hydrogens (tertiary/aromatic N) is 2. The van der Waals surface area contributed by atoms with Gasteiger partial charge < -0.3 is 0 Å². The number of rotatable bonds is 2. The molecule has 1 fully saturated rings. The molecular formula is C13H16BrN3O2S2. The second-order valence-electron chi connectivity index (χ2n) is 4.91. The van der Waals surface area contributed by atoms with Gasteiger partial charge in [-0.05, 0) is 12.5 Å². The lowest BCUT2D eigenvalue weighted by atomic mass is 10.1. The van der Waals surface area contributed by atoms with E-state index in [0.717, 1.165) is 11.3 Å². The summed E-state index contributed by atoms with van der Waals surface area (Å²) >= 11 is 1.47. The third kappa shape index (κ3) is 3.87. The highest BCUT2D eigenvalue weighted by atomic mass is 79.9. The molecule has 21 heavy (non-hydrogen) atoms. The maximum absolute atomic E-state index is 11.5. The number of nitrogens with one attached hydrogen (secondary N) is 1. The lowest BCUT2D eigenvalue weighted by Crippen LogP contribution is -2.17. The fourth-order valence-electron chi connectivity index (χ4n) is 2.29. The number of fused-ring (bicyclic) bond motifs is 1. The average molecular weight is 390 g/mol. The summed E-state index contributed by atoms with van der Waals surface area (Å²) in [5.41, 5.74) is 4.86. The molecule has 0 bridgehead atoms. The predicted molar refractivity (Wildman–Crippen MR) is 93.4 cm³/mol. The van der Waals surface area contributed by atoms with Crippen LogP contribution < -0.4 is 5.43 Å². The Hall–Kier alpha value is -0.860. The fourth-order valence-corrected chi connectivity index (χ4v) is 5.88. The van der Waals surface area contributed by atoms with Crippen molar-refractivity contribution in [3.8, 4) is 0 Å². The van der Waals surface area contributed by atoms with Crippen LogP contribution in [0.3, 0.4) is 0 Å². The smallest absolute Gasteiger partial charge is 0.177 e. The van der Waals surface area contributed by atoms with Crippen LogP contribution in [0, 0.1) is 0 Å². The van der Waals surface area contributed by atoms with E-state index in [1.165, 1.54) is 11.8 Å². The minimum Gasteiger partial charge on any atom is -0.256 e. The van der Waals surface area contributed by atoms with Gasteiger partial charge in [-0.2, -0.15) is 5.10 Å². The third-order valence-corrected chi connectivity index (χ3v) is 6.46. The van der Waals surface area contributed by atoms with Gasteiger partial charge in [0.1, 0.15) is 0 Å². The number of sulfone groups is 1. The standard InChI is InChI=1S/C13H15N3O2S2.BrH/c1-9(10-5-3-2-4-6-10)15-16-13-14-11-7-20(17,18)8-12(11)19-13;/h2-6,11-12H,7-8H2,1H3,(H,14,16);1H/t11-,12+;/m0./s1. The van der Waals surface area contributed by atoms with Gasteiger partial charge in [-0.15, -0.1) is 17.0 Å². The molecule has 0 aromatic heterocycles. The van der Waals surface area contributed by atoms with Crippen molar-refractivity contribution in [3.63, 3.8) is 0 Å². The van der Waals surface area contributed by atoms with Gasteiger partial charge >= 0.3 is 0 Å². The van der Waals surface area contributed by atoms with Gasteiger partial charge in [-0.3, -0.25) is 10.4 Å². The quantitative estimate of drug-likeness (QED) is 0.618. The van der Waals surface area contributed by atoms with Crippen LogP contribution >= 0.6 is 28.7 Å². The second-order valence-corrected chi connectivity index (χ2v) is 8.29. The van der Waals surface area contributed by atoms with Crippen molar-refractivity contribution < 1.29 is 8.42 Å². The van der Waals surface area contributed by atoms with E-state index in [1.807, 2.05) is 37.3 Å². The van der Waals surface area contributed by atoms with Crippen LogP contribution in [0.25, 0.3) is 0 Å². The molecule has 2 atom stereocenters. The van der Waals surface area contributed by atoms with Crippen LogP contribution in [0.4, 0.5) is 0 Å². The monoisotopic (exact) mass is 389 g/mol.